The molecular formula is C23H28N2O4. The van der Waals surface area contributed by atoms with Gasteiger partial charge < -0.3 is 19.5 Å². The molecular weight excluding hydrogens is 368 g/mol. The van der Waals surface area contributed by atoms with Gasteiger partial charge in [-0.1, -0.05) is 24.6 Å². The quantitative estimate of drug-likeness (QED) is 0.765. The van der Waals surface area contributed by atoms with Crippen molar-refractivity contribution in [2.45, 2.75) is 37.9 Å². The third-order valence-electron chi connectivity index (χ3n) is 5.33. The van der Waals surface area contributed by atoms with Crippen molar-refractivity contribution in [1.82, 2.24) is 4.90 Å². The SMILES string of the molecule is CN(CCOc1ccccc1)CC(=O)Nc1ccc2c(c1)OC1(CCCCC1)O2. The van der Waals surface area contributed by atoms with Crippen LogP contribution in [-0.2, 0) is 4.79 Å². The van der Waals surface area contributed by atoms with E-state index in [2.05, 4.69) is 5.32 Å². The molecule has 0 bridgehead atoms. The van der Waals surface area contributed by atoms with E-state index in [-0.39, 0.29) is 12.5 Å². The maximum atomic E-state index is 12.4. The van der Waals surface area contributed by atoms with Crippen LogP contribution in [0.3, 0.4) is 0 Å². The Morgan fingerprint density at radius 3 is 2.62 bits per heavy atom. The van der Waals surface area contributed by atoms with Gasteiger partial charge in [0.1, 0.15) is 12.4 Å². The fourth-order valence-corrected chi connectivity index (χ4v) is 3.83. The summed E-state index contributed by atoms with van der Waals surface area (Å²) in [6.45, 7) is 1.47. The second-order valence-electron chi connectivity index (χ2n) is 7.78. The van der Waals surface area contributed by atoms with E-state index in [4.69, 9.17) is 14.2 Å². The molecule has 1 spiro atoms. The van der Waals surface area contributed by atoms with Crippen molar-refractivity contribution in [3.05, 3.63) is 48.5 Å². The van der Waals surface area contributed by atoms with Gasteiger partial charge in [0.2, 0.25) is 5.91 Å². The molecule has 0 atom stereocenters. The second-order valence-corrected chi connectivity index (χ2v) is 7.78. The lowest BCUT2D eigenvalue weighted by atomic mass is 9.94. The van der Waals surface area contributed by atoms with Gasteiger partial charge in [-0.15, -0.1) is 0 Å². The third kappa shape index (κ3) is 5.01. The van der Waals surface area contributed by atoms with E-state index in [1.54, 1.807) is 0 Å². The van der Waals surface area contributed by atoms with Crippen LogP contribution in [0.15, 0.2) is 48.5 Å². The van der Waals surface area contributed by atoms with Crippen molar-refractivity contribution in [3.8, 4) is 17.2 Å². The minimum absolute atomic E-state index is 0.0709. The smallest absolute Gasteiger partial charge is 0.251 e. The molecule has 1 N–H and O–H groups in total. The number of amides is 1. The molecule has 1 amide bonds. The maximum Gasteiger partial charge on any atom is 0.251 e. The van der Waals surface area contributed by atoms with Gasteiger partial charge in [0, 0.05) is 31.1 Å². The first-order valence-corrected chi connectivity index (χ1v) is 10.3. The lowest BCUT2D eigenvalue weighted by Crippen LogP contribution is -2.40. The summed E-state index contributed by atoms with van der Waals surface area (Å²) in [4.78, 5) is 14.3. The summed E-state index contributed by atoms with van der Waals surface area (Å²) in [5.74, 6) is 1.75. The molecule has 2 aromatic rings. The molecule has 0 unspecified atom stereocenters. The topological polar surface area (TPSA) is 60.0 Å². The second kappa shape index (κ2) is 8.74. The first kappa shape index (κ1) is 19.6. The Morgan fingerprint density at radius 2 is 1.83 bits per heavy atom. The Morgan fingerprint density at radius 1 is 1.07 bits per heavy atom. The van der Waals surface area contributed by atoms with Crippen molar-refractivity contribution in [1.29, 1.82) is 0 Å². The van der Waals surface area contributed by atoms with Crippen LogP contribution in [0, 0.1) is 0 Å². The number of hydrogen-bond acceptors (Lipinski definition) is 5. The number of carbonyl (C=O) groups excluding carboxylic acids is 1. The Balaban J connectivity index is 1.24. The third-order valence-corrected chi connectivity index (χ3v) is 5.33. The van der Waals surface area contributed by atoms with Crippen LogP contribution in [-0.4, -0.2) is 43.3 Å². The van der Waals surface area contributed by atoms with Crippen LogP contribution in [0.2, 0.25) is 0 Å². The van der Waals surface area contributed by atoms with Gasteiger partial charge >= 0.3 is 0 Å². The predicted octanol–water partition coefficient (Wildman–Crippen LogP) is 4.07. The molecule has 1 aliphatic carbocycles. The first-order valence-electron chi connectivity index (χ1n) is 10.3. The summed E-state index contributed by atoms with van der Waals surface area (Å²) in [7, 11) is 1.90. The number of anilines is 1. The zero-order chi connectivity index (χ0) is 20.1. The van der Waals surface area contributed by atoms with E-state index < -0.39 is 5.79 Å². The predicted molar refractivity (Wildman–Crippen MR) is 112 cm³/mol. The largest absolute Gasteiger partial charge is 0.492 e. The number of para-hydroxylation sites is 1. The van der Waals surface area contributed by atoms with Crippen LogP contribution < -0.4 is 19.5 Å². The molecule has 154 valence electrons. The van der Waals surface area contributed by atoms with Crippen LogP contribution >= 0.6 is 0 Å². The molecule has 29 heavy (non-hydrogen) atoms. The summed E-state index contributed by atoms with van der Waals surface area (Å²) in [5.41, 5.74) is 0.721. The highest BCUT2D eigenvalue weighted by molar-refractivity contribution is 5.92. The number of nitrogens with zero attached hydrogens (tertiary/aromatic N) is 1. The summed E-state index contributed by atoms with van der Waals surface area (Å²) < 4.78 is 17.9. The summed E-state index contributed by atoms with van der Waals surface area (Å²) in [6, 6.07) is 15.3. The number of hydrogen-bond donors (Lipinski definition) is 1. The number of fused-ring (bicyclic) bond motifs is 1. The first-order chi connectivity index (χ1) is 14.1. The average molecular weight is 396 g/mol. The lowest BCUT2D eigenvalue weighted by Gasteiger charge is -2.31. The number of benzene rings is 2. The molecule has 1 fully saturated rings. The van der Waals surface area contributed by atoms with Crippen molar-refractivity contribution >= 4 is 11.6 Å². The van der Waals surface area contributed by atoms with Gasteiger partial charge in [-0.05, 0) is 44.2 Å². The van der Waals surface area contributed by atoms with Gasteiger partial charge in [0.15, 0.2) is 11.5 Å². The van der Waals surface area contributed by atoms with Gasteiger partial charge in [-0.3, -0.25) is 9.69 Å². The molecule has 6 heteroatoms. The average Bonchev–Trinajstić information content (AvgIpc) is 3.05. The minimum atomic E-state index is -0.498. The van der Waals surface area contributed by atoms with Gasteiger partial charge in [0.05, 0.1) is 6.54 Å². The van der Waals surface area contributed by atoms with Crippen molar-refractivity contribution in [3.63, 3.8) is 0 Å². The van der Waals surface area contributed by atoms with Crippen LogP contribution in [0.1, 0.15) is 32.1 Å². The monoisotopic (exact) mass is 396 g/mol. The molecule has 1 saturated carbocycles. The summed E-state index contributed by atoms with van der Waals surface area (Å²) in [6.07, 6.45) is 5.31. The maximum absolute atomic E-state index is 12.4. The zero-order valence-corrected chi connectivity index (χ0v) is 16.9. The molecule has 2 aromatic carbocycles. The van der Waals surface area contributed by atoms with Crippen molar-refractivity contribution in [2.75, 3.05) is 32.1 Å². The van der Waals surface area contributed by atoms with E-state index >= 15 is 0 Å². The van der Waals surface area contributed by atoms with Gasteiger partial charge in [0.25, 0.3) is 5.79 Å². The molecule has 1 heterocycles. The molecule has 0 radical (unpaired) electrons. The fourth-order valence-electron chi connectivity index (χ4n) is 3.83. The highest BCUT2D eigenvalue weighted by Gasteiger charge is 2.42. The highest BCUT2D eigenvalue weighted by atomic mass is 16.7. The fraction of sp³-hybridized carbons (Fsp3) is 0.435. The molecule has 1 aliphatic heterocycles. The Hall–Kier alpha value is -2.73. The number of ether oxygens (including phenoxy) is 3. The van der Waals surface area contributed by atoms with E-state index in [0.29, 0.717) is 18.9 Å². The zero-order valence-electron chi connectivity index (χ0n) is 16.9. The Kier molecular flexibility index (Phi) is 5.90. The lowest BCUT2D eigenvalue weighted by molar-refractivity contribution is -0.117. The number of carbonyl (C=O) groups is 1. The molecule has 0 saturated heterocycles. The van der Waals surface area contributed by atoms with E-state index in [1.165, 1.54) is 6.42 Å². The van der Waals surface area contributed by atoms with Crippen molar-refractivity contribution < 1.29 is 19.0 Å². The van der Waals surface area contributed by atoms with Crippen LogP contribution in [0.25, 0.3) is 0 Å². The standard InChI is InChI=1S/C23H28N2O4/c1-25(14-15-27-19-8-4-2-5-9-19)17-22(26)24-18-10-11-20-21(16-18)29-23(28-20)12-6-3-7-13-23/h2,4-5,8-11,16H,3,6-7,12-15,17H2,1H3,(H,24,26). The molecule has 2 aliphatic rings. The number of rotatable bonds is 7. The van der Waals surface area contributed by atoms with Crippen molar-refractivity contribution in [2.24, 2.45) is 0 Å². The molecule has 0 aromatic heterocycles. The molecule has 4 rings (SSSR count). The van der Waals surface area contributed by atoms with Crippen LogP contribution in [0.5, 0.6) is 17.2 Å². The normalized spacial score (nSPS) is 16.8. The van der Waals surface area contributed by atoms with E-state index in [9.17, 15) is 4.79 Å². The van der Waals surface area contributed by atoms with E-state index in [0.717, 1.165) is 42.9 Å². The highest BCUT2D eigenvalue weighted by Crippen LogP contribution is 2.46. The van der Waals surface area contributed by atoms with Gasteiger partial charge in [-0.25, -0.2) is 0 Å². The van der Waals surface area contributed by atoms with Crippen LogP contribution in [0.4, 0.5) is 5.69 Å². The number of nitrogens with one attached hydrogen (secondary N) is 1. The summed E-state index contributed by atoms with van der Waals surface area (Å²) >= 11 is 0. The molecule has 6 nitrogen and oxygen atoms in total. The number of likely N-dealkylation sites (N-methyl/N-ethyl adjacent to an activating group) is 1. The van der Waals surface area contributed by atoms with E-state index in [1.807, 2.05) is 60.5 Å². The Bertz CT molecular complexity index is 834. The Labute approximate surface area is 171 Å². The van der Waals surface area contributed by atoms with Gasteiger partial charge in [-0.2, -0.15) is 0 Å². The minimum Gasteiger partial charge on any atom is -0.492 e. The summed E-state index contributed by atoms with van der Waals surface area (Å²) in [5, 5.41) is 2.95.